The fourth-order valence-corrected chi connectivity index (χ4v) is 3.23. The number of rotatable bonds is 9. The Balaban J connectivity index is 2.10. The first kappa shape index (κ1) is 22.7. The van der Waals surface area contributed by atoms with E-state index in [1.54, 1.807) is 17.0 Å². The Morgan fingerprint density at radius 3 is 2.21 bits per heavy atom. The number of amides is 2. The monoisotopic (exact) mass is 401 g/mol. The highest BCUT2D eigenvalue weighted by atomic mass is 19.1. The topological polar surface area (TPSA) is 45.6 Å². The minimum atomic E-state index is -0.331. The SMILES string of the molecule is CC(C)CN(Cc1cccn1C)C(=O)CN(C(=O)Cc1ccc(F)cc1)C(C)C. The van der Waals surface area contributed by atoms with E-state index in [0.717, 1.165) is 11.3 Å². The summed E-state index contributed by atoms with van der Waals surface area (Å²) in [6.45, 7) is 9.13. The van der Waals surface area contributed by atoms with Crippen molar-refractivity contribution in [2.45, 2.75) is 46.7 Å². The van der Waals surface area contributed by atoms with Crippen LogP contribution in [0, 0.1) is 11.7 Å². The van der Waals surface area contributed by atoms with Crippen LogP contribution in [0.5, 0.6) is 0 Å². The summed E-state index contributed by atoms with van der Waals surface area (Å²) in [5.74, 6) is -0.215. The summed E-state index contributed by atoms with van der Waals surface area (Å²) in [4.78, 5) is 29.4. The van der Waals surface area contributed by atoms with E-state index in [1.807, 2.05) is 48.7 Å². The van der Waals surface area contributed by atoms with Gasteiger partial charge < -0.3 is 14.4 Å². The van der Waals surface area contributed by atoms with Gasteiger partial charge in [0.2, 0.25) is 11.8 Å². The van der Waals surface area contributed by atoms with Crippen LogP contribution in [-0.2, 0) is 29.6 Å². The highest BCUT2D eigenvalue weighted by molar-refractivity contribution is 5.86. The molecule has 29 heavy (non-hydrogen) atoms. The highest BCUT2D eigenvalue weighted by Gasteiger charge is 2.24. The lowest BCUT2D eigenvalue weighted by molar-refractivity contribution is -0.142. The van der Waals surface area contributed by atoms with Crippen LogP contribution in [0.15, 0.2) is 42.6 Å². The van der Waals surface area contributed by atoms with E-state index in [-0.39, 0.29) is 36.6 Å². The Morgan fingerprint density at radius 2 is 1.69 bits per heavy atom. The molecule has 6 heteroatoms. The first-order valence-electron chi connectivity index (χ1n) is 10.1. The second-order valence-corrected chi connectivity index (χ2v) is 8.20. The van der Waals surface area contributed by atoms with Crippen LogP contribution in [0.4, 0.5) is 4.39 Å². The van der Waals surface area contributed by atoms with Gasteiger partial charge in [-0.25, -0.2) is 4.39 Å². The molecule has 1 heterocycles. The molecule has 1 aromatic heterocycles. The van der Waals surface area contributed by atoms with E-state index in [1.165, 1.54) is 12.1 Å². The van der Waals surface area contributed by atoms with E-state index in [9.17, 15) is 14.0 Å². The zero-order valence-corrected chi connectivity index (χ0v) is 18.1. The van der Waals surface area contributed by atoms with Gasteiger partial charge in [-0.1, -0.05) is 26.0 Å². The average Bonchev–Trinajstić information content (AvgIpc) is 3.04. The Morgan fingerprint density at radius 1 is 1.03 bits per heavy atom. The van der Waals surface area contributed by atoms with Gasteiger partial charge in [0.05, 0.1) is 19.5 Å². The Hall–Kier alpha value is -2.63. The standard InChI is InChI=1S/C23H32FN3O2/c1-17(2)14-26(15-21-7-6-12-25(21)5)23(29)16-27(18(3)4)22(28)13-19-8-10-20(24)11-9-19/h6-12,17-18H,13-16H2,1-5H3. The minimum absolute atomic E-state index is 0.0365. The molecule has 1 aromatic carbocycles. The van der Waals surface area contributed by atoms with Gasteiger partial charge in [-0.3, -0.25) is 9.59 Å². The molecule has 5 nitrogen and oxygen atoms in total. The smallest absolute Gasteiger partial charge is 0.242 e. The summed E-state index contributed by atoms with van der Waals surface area (Å²) in [5, 5.41) is 0. The van der Waals surface area contributed by atoms with Gasteiger partial charge in [-0.05, 0) is 49.6 Å². The first-order valence-corrected chi connectivity index (χ1v) is 10.1. The van der Waals surface area contributed by atoms with Crippen molar-refractivity contribution in [1.29, 1.82) is 0 Å². The molecule has 158 valence electrons. The van der Waals surface area contributed by atoms with Crippen molar-refractivity contribution >= 4 is 11.8 Å². The van der Waals surface area contributed by atoms with Crippen molar-refractivity contribution in [3.05, 3.63) is 59.7 Å². The van der Waals surface area contributed by atoms with Gasteiger partial charge >= 0.3 is 0 Å². The predicted molar refractivity (Wildman–Crippen MR) is 113 cm³/mol. The van der Waals surface area contributed by atoms with Gasteiger partial charge in [0.1, 0.15) is 5.82 Å². The number of carbonyl (C=O) groups is 2. The lowest BCUT2D eigenvalue weighted by Gasteiger charge is -2.31. The Kier molecular flexibility index (Phi) is 8.00. The molecule has 0 atom stereocenters. The van der Waals surface area contributed by atoms with E-state index >= 15 is 0 Å². The maximum atomic E-state index is 13.1. The number of halogens is 1. The van der Waals surface area contributed by atoms with Crippen molar-refractivity contribution in [3.8, 4) is 0 Å². The maximum absolute atomic E-state index is 13.1. The lowest BCUT2D eigenvalue weighted by atomic mass is 10.1. The summed E-state index contributed by atoms with van der Waals surface area (Å²) in [7, 11) is 1.96. The average molecular weight is 402 g/mol. The number of aryl methyl sites for hydroxylation is 1. The predicted octanol–water partition coefficient (Wildman–Crippen LogP) is 3.63. The lowest BCUT2D eigenvalue weighted by Crippen LogP contribution is -2.47. The molecular weight excluding hydrogens is 369 g/mol. The van der Waals surface area contributed by atoms with Crippen molar-refractivity contribution in [1.82, 2.24) is 14.4 Å². The van der Waals surface area contributed by atoms with Crippen LogP contribution in [0.25, 0.3) is 0 Å². The number of hydrogen-bond donors (Lipinski definition) is 0. The fraction of sp³-hybridized carbons (Fsp3) is 0.478. The molecule has 2 amide bonds. The Labute approximate surface area is 173 Å². The third-order valence-electron chi connectivity index (χ3n) is 4.86. The number of hydrogen-bond acceptors (Lipinski definition) is 2. The minimum Gasteiger partial charge on any atom is -0.353 e. The fourth-order valence-electron chi connectivity index (χ4n) is 3.23. The van der Waals surface area contributed by atoms with Crippen molar-refractivity contribution in [2.75, 3.05) is 13.1 Å². The molecular formula is C23H32FN3O2. The molecule has 2 rings (SSSR count). The third-order valence-corrected chi connectivity index (χ3v) is 4.86. The van der Waals surface area contributed by atoms with Crippen LogP contribution < -0.4 is 0 Å². The second kappa shape index (κ2) is 10.2. The zero-order chi connectivity index (χ0) is 21.6. The van der Waals surface area contributed by atoms with Crippen molar-refractivity contribution < 1.29 is 14.0 Å². The summed E-state index contributed by atoms with van der Waals surface area (Å²) >= 11 is 0. The van der Waals surface area contributed by atoms with E-state index in [0.29, 0.717) is 19.0 Å². The molecule has 0 bridgehead atoms. The van der Waals surface area contributed by atoms with Gasteiger partial charge in [0.25, 0.3) is 0 Å². The maximum Gasteiger partial charge on any atom is 0.242 e. The summed E-state index contributed by atoms with van der Waals surface area (Å²) < 4.78 is 15.1. The second-order valence-electron chi connectivity index (χ2n) is 8.20. The van der Waals surface area contributed by atoms with E-state index in [4.69, 9.17) is 0 Å². The third kappa shape index (κ3) is 6.73. The molecule has 0 aliphatic rings. The molecule has 0 saturated heterocycles. The van der Waals surface area contributed by atoms with Gasteiger partial charge in [0, 0.05) is 31.5 Å². The highest BCUT2D eigenvalue weighted by Crippen LogP contribution is 2.12. The molecule has 0 fully saturated rings. The molecule has 0 aliphatic carbocycles. The first-order chi connectivity index (χ1) is 13.7. The van der Waals surface area contributed by atoms with Crippen LogP contribution in [0.3, 0.4) is 0 Å². The van der Waals surface area contributed by atoms with Crippen molar-refractivity contribution in [2.24, 2.45) is 13.0 Å². The van der Waals surface area contributed by atoms with Crippen LogP contribution in [0.1, 0.15) is 39.0 Å². The molecule has 0 saturated carbocycles. The molecule has 0 unspecified atom stereocenters. The molecule has 0 N–H and O–H groups in total. The van der Waals surface area contributed by atoms with Crippen LogP contribution >= 0.6 is 0 Å². The van der Waals surface area contributed by atoms with Gasteiger partial charge in [0.15, 0.2) is 0 Å². The Bertz CT molecular complexity index is 812. The van der Waals surface area contributed by atoms with Gasteiger partial charge in [-0.2, -0.15) is 0 Å². The zero-order valence-electron chi connectivity index (χ0n) is 18.1. The van der Waals surface area contributed by atoms with Crippen LogP contribution in [-0.4, -0.2) is 45.3 Å². The van der Waals surface area contributed by atoms with Crippen molar-refractivity contribution in [3.63, 3.8) is 0 Å². The number of benzene rings is 1. The van der Waals surface area contributed by atoms with E-state index < -0.39 is 0 Å². The summed E-state index contributed by atoms with van der Waals surface area (Å²) in [6, 6.07) is 9.75. The number of aromatic nitrogens is 1. The summed E-state index contributed by atoms with van der Waals surface area (Å²) in [5.41, 5.74) is 1.78. The van der Waals surface area contributed by atoms with Crippen LogP contribution in [0.2, 0.25) is 0 Å². The quantitative estimate of drug-likeness (QED) is 0.644. The molecule has 0 radical (unpaired) electrons. The molecule has 0 aliphatic heterocycles. The normalized spacial score (nSPS) is 11.2. The van der Waals surface area contributed by atoms with Gasteiger partial charge in [-0.15, -0.1) is 0 Å². The molecule has 0 spiro atoms. The number of carbonyl (C=O) groups excluding carboxylic acids is 2. The number of nitrogens with zero attached hydrogens (tertiary/aromatic N) is 3. The largest absolute Gasteiger partial charge is 0.353 e. The summed E-state index contributed by atoms with van der Waals surface area (Å²) in [6.07, 6.45) is 2.10. The van der Waals surface area contributed by atoms with E-state index in [2.05, 4.69) is 13.8 Å². The molecule has 2 aromatic rings.